The molecule has 1 N–H and O–H groups in total. The number of nitro groups is 1. The summed E-state index contributed by atoms with van der Waals surface area (Å²) in [6.45, 7) is 2.53. The van der Waals surface area contributed by atoms with Gasteiger partial charge in [0.25, 0.3) is 11.6 Å². The number of rotatable bonds is 7. The topological polar surface area (TPSA) is 93.8 Å². The van der Waals surface area contributed by atoms with E-state index < -0.39 is 4.92 Å². The molecule has 1 aromatic heterocycles. The Kier molecular flexibility index (Phi) is 6.99. The van der Waals surface area contributed by atoms with Crippen molar-refractivity contribution in [1.82, 2.24) is 5.43 Å². The predicted molar refractivity (Wildman–Crippen MR) is 138 cm³/mol. The van der Waals surface area contributed by atoms with E-state index in [4.69, 9.17) is 4.74 Å². The number of nitrogens with zero attached hydrogens (tertiary/aromatic N) is 2. The van der Waals surface area contributed by atoms with Crippen molar-refractivity contribution < 1.29 is 14.5 Å². The number of halogens is 1. The van der Waals surface area contributed by atoms with E-state index in [1.54, 1.807) is 18.3 Å². The van der Waals surface area contributed by atoms with Gasteiger partial charge >= 0.3 is 0 Å². The summed E-state index contributed by atoms with van der Waals surface area (Å²) in [4.78, 5) is 23.3. The Hall–Kier alpha value is -3.31. The lowest BCUT2D eigenvalue weighted by molar-refractivity contribution is -0.384. The first-order valence-corrected chi connectivity index (χ1v) is 11.8. The van der Waals surface area contributed by atoms with E-state index in [1.807, 2.05) is 37.3 Å². The summed E-state index contributed by atoms with van der Waals surface area (Å²) in [5, 5.41) is 15.6. The Balaban J connectivity index is 1.37. The molecule has 0 saturated carbocycles. The van der Waals surface area contributed by atoms with Gasteiger partial charge in [-0.3, -0.25) is 14.9 Å². The third-order valence-electron chi connectivity index (χ3n) is 4.79. The number of nitrogens with one attached hydrogen (secondary N) is 1. The van der Waals surface area contributed by atoms with Crippen LogP contribution in [-0.4, -0.2) is 17.0 Å². The van der Waals surface area contributed by atoms with Crippen LogP contribution < -0.4 is 10.2 Å². The van der Waals surface area contributed by atoms with Crippen molar-refractivity contribution in [3.05, 3.63) is 102 Å². The summed E-state index contributed by atoms with van der Waals surface area (Å²) >= 11 is 3.46. The van der Waals surface area contributed by atoms with Crippen molar-refractivity contribution in [2.45, 2.75) is 13.5 Å². The second-order valence-electron chi connectivity index (χ2n) is 7.25. The minimum absolute atomic E-state index is 0.00817. The zero-order chi connectivity index (χ0) is 23.4. The molecule has 1 heterocycles. The number of hydrogen-bond donors (Lipinski definition) is 1. The molecular formula is C24H18IN3O4S. The van der Waals surface area contributed by atoms with Crippen molar-refractivity contribution in [2.75, 3.05) is 0 Å². The van der Waals surface area contributed by atoms with E-state index >= 15 is 0 Å². The van der Waals surface area contributed by atoms with Crippen LogP contribution in [0.15, 0.2) is 71.8 Å². The number of hydrogen-bond acceptors (Lipinski definition) is 6. The molecule has 0 unspecified atom stereocenters. The van der Waals surface area contributed by atoms with Gasteiger partial charge in [-0.25, -0.2) is 5.43 Å². The highest BCUT2D eigenvalue weighted by atomic mass is 127. The number of non-ortho nitro benzene ring substituents is 1. The first-order valence-electron chi connectivity index (χ1n) is 9.88. The van der Waals surface area contributed by atoms with Gasteiger partial charge in [-0.05, 0) is 71.0 Å². The number of aryl methyl sites for hydroxylation is 1. The number of thiophene rings is 1. The Bertz CT molecular complexity index is 1370. The molecule has 9 heteroatoms. The van der Waals surface area contributed by atoms with Gasteiger partial charge in [-0.2, -0.15) is 5.10 Å². The quantitative estimate of drug-likeness (QED) is 0.126. The average molecular weight is 571 g/mol. The van der Waals surface area contributed by atoms with Gasteiger partial charge in [0, 0.05) is 22.2 Å². The lowest BCUT2D eigenvalue weighted by Gasteiger charge is -2.09. The smallest absolute Gasteiger partial charge is 0.281 e. The monoisotopic (exact) mass is 571 g/mol. The molecule has 4 aromatic rings. The summed E-state index contributed by atoms with van der Waals surface area (Å²) in [6.07, 6.45) is 1.56. The normalized spacial score (nSPS) is 11.1. The first kappa shape index (κ1) is 22.9. The number of carbonyl (C=O) groups is 1. The van der Waals surface area contributed by atoms with E-state index in [1.165, 1.54) is 29.0 Å². The van der Waals surface area contributed by atoms with E-state index in [0.29, 0.717) is 16.9 Å². The van der Waals surface area contributed by atoms with E-state index in [-0.39, 0.29) is 11.6 Å². The number of benzene rings is 3. The molecule has 0 aliphatic carbocycles. The summed E-state index contributed by atoms with van der Waals surface area (Å²) in [5.74, 6) is 0.402. The van der Waals surface area contributed by atoms with E-state index in [9.17, 15) is 14.9 Å². The zero-order valence-corrected chi connectivity index (χ0v) is 20.4. The molecule has 1 amide bonds. The molecule has 0 spiro atoms. The fourth-order valence-corrected chi connectivity index (χ4v) is 4.66. The maximum atomic E-state index is 12.4. The predicted octanol–water partition coefficient (Wildman–Crippen LogP) is 6.07. The fourth-order valence-electron chi connectivity index (χ4n) is 3.04. The van der Waals surface area contributed by atoms with Crippen LogP contribution in [0.25, 0.3) is 10.1 Å². The lowest BCUT2D eigenvalue weighted by Crippen LogP contribution is -2.16. The Morgan fingerprint density at radius 3 is 2.67 bits per heavy atom. The minimum atomic E-state index is -0.457. The minimum Gasteiger partial charge on any atom is -0.488 e. The first-order chi connectivity index (χ1) is 15.9. The largest absolute Gasteiger partial charge is 0.488 e. The van der Waals surface area contributed by atoms with E-state index in [2.05, 4.69) is 45.3 Å². The summed E-state index contributed by atoms with van der Waals surface area (Å²) in [6, 6.07) is 20.0. The average Bonchev–Trinajstić information content (AvgIpc) is 3.23. The van der Waals surface area contributed by atoms with Crippen LogP contribution in [0.4, 0.5) is 5.69 Å². The molecule has 0 aliphatic rings. The van der Waals surface area contributed by atoms with Gasteiger partial charge in [-0.15, -0.1) is 11.3 Å². The van der Waals surface area contributed by atoms with Gasteiger partial charge < -0.3 is 4.74 Å². The lowest BCUT2D eigenvalue weighted by atomic mass is 10.2. The summed E-state index contributed by atoms with van der Waals surface area (Å²) < 4.78 is 7.64. The summed E-state index contributed by atoms with van der Waals surface area (Å²) in [7, 11) is 0. The van der Waals surface area contributed by atoms with Crippen LogP contribution in [0, 0.1) is 20.6 Å². The SMILES string of the molecule is Cc1ccc(COc2ccc(/C=N\NC(=O)c3cc4cc([N+](=O)[O-])ccc4s3)cc2I)cc1. The van der Waals surface area contributed by atoms with Crippen LogP contribution >= 0.6 is 33.9 Å². The highest BCUT2D eigenvalue weighted by molar-refractivity contribution is 14.1. The molecule has 0 aliphatic heterocycles. The molecule has 166 valence electrons. The fraction of sp³-hybridized carbons (Fsp3) is 0.0833. The van der Waals surface area contributed by atoms with Crippen molar-refractivity contribution in [1.29, 1.82) is 0 Å². The van der Waals surface area contributed by atoms with Gasteiger partial charge in [0.15, 0.2) is 0 Å². The van der Waals surface area contributed by atoms with Crippen molar-refractivity contribution in [2.24, 2.45) is 5.10 Å². The third-order valence-corrected chi connectivity index (χ3v) is 6.74. The third kappa shape index (κ3) is 5.74. The summed E-state index contributed by atoms with van der Waals surface area (Å²) in [5.41, 5.74) is 5.62. The molecule has 0 radical (unpaired) electrons. The number of nitro benzene ring substituents is 1. The number of fused-ring (bicyclic) bond motifs is 1. The Labute approximate surface area is 207 Å². The van der Waals surface area contributed by atoms with Gasteiger partial charge in [0.1, 0.15) is 12.4 Å². The molecule has 7 nitrogen and oxygen atoms in total. The standard InChI is InChI=1S/C24H18IN3O4S/c1-15-2-4-16(5-3-15)14-32-21-8-6-17(10-20(21)25)13-26-27-24(29)23-12-18-11-19(28(30)31)7-9-22(18)33-23/h2-13H,14H2,1H3,(H,27,29)/b26-13-. The molecule has 33 heavy (non-hydrogen) atoms. The second kappa shape index (κ2) is 10.1. The highest BCUT2D eigenvalue weighted by Crippen LogP contribution is 2.29. The molecule has 0 atom stereocenters. The molecule has 0 saturated heterocycles. The van der Waals surface area contributed by atoms with Crippen LogP contribution in [-0.2, 0) is 6.61 Å². The van der Waals surface area contributed by atoms with Crippen molar-refractivity contribution >= 4 is 61.8 Å². The second-order valence-corrected chi connectivity index (χ2v) is 9.50. The zero-order valence-electron chi connectivity index (χ0n) is 17.4. The van der Waals surface area contributed by atoms with Crippen LogP contribution in [0.5, 0.6) is 5.75 Å². The number of amides is 1. The number of hydrazone groups is 1. The number of ether oxygens (including phenoxy) is 1. The number of carbonyl (C=O) groups excluding carboxylic acids is 1. The van der Waals surface area contributed by atoms with E-state index in [0.717, 1.165) is 25.1 Å². The molecule has 0 bridgehead atoms. The van der Waals surface area contributed by atoms with Crippen LogP contribution in [0.1, 0.15) is 26.4 Å². The van der Waals surface area contributed by atoms with Gasteiger partial charge in [-0.1, -0.05) is 29.8 Å². The Morgan fingerprint density at radius 1 is 1.15 bits per heavy atom. The van der Waals surface area contributed by atoms with Crippen LogP contribution in [0.3, 0.4) is 0 Å². The van der Waals surface area contributed by atoms with Gasteiger partial charge in [0.2, 0.25) is 0 Å². The highest BCUT2D eigenvalue weighted by Gasteiger charge is 2.13. The molecule has 4 rings (SSSR count). The maximum Gasteiger partial charge on any atom is 0.281 e. The van der Waals surface area contributed by atoms with Gasteiger partial charge in [0.05, 0.1) is 19.6 Å². The molecular weight excluding hydrogens is 553 g/mol. The molecule has 0 fully saturated rings. The van der Waals surface area contributed by atoms with Crippen molar-refractivity contribution in [3.63, 3.8) is 0 Å². The Morgan fingerprint density at radius 2 is 1.94 bits per heavy atom. The van der Waals surface area contributed by atoms with Crippen LogP contribution in [0.2, 0.25) is 0 Å². The maximum absolute atomic E-state index is 12.4. The molecule has 3 aromatic carbocycles. The van der Waals surface area contributed by atoms with Crippen molar-refractivity contribution in [3.8, 4) is 5.75 Å².